The molecule has 0 aliphatic rings. The van der Waals surface area contributed by atoms with Crippen LogP contribution in [0.1, 0.15) is 42.3 Å². The fraction of sp³-hybridized carbons (Fsp3) is 0.318. The number of hydrogen-bond acceptors (Lipinski definition) is 6. The van der Waals surface area contributed by atoms with Gasteiger partial charge in [0, 0.05) is 10.2 Å². The van der Waals surface area contributed by atoms with E-state index in [1.165, 1.54) is 11.8 Å². The lowest BCUT2D eigenvalue weighted by atomic mass is 10.0. The Bertz CT molecular complexity index is 1040. The summed E-state index contributed by atoms with van der Waals surface area (Å²) < 4.78 is 12.5. The molecule has 1 heterocycles. The Labute approximate surface area is 188 Å². The molecule has 0 unspecified atom stereocenters. The molecule has 0 radical (unpaired) electrons. The molecular weight excluding hydrogens is 466 g/mol. The Morgan fingerprint density at radius 3 is 2.73 bits per heavy atom. The Kier molecular flexibility index (Phi) is 7.55. The van der Waals surface area contributed by atoms with Crippen molar-refractivity contribution < 1.29 is 13.9 Å². The van der Waals surface area contributed by atoms with Crippen LogP contribution in [0.2, 0.25) is 0 Å². The molecule has 0 saturated heterocycles. The highest BCUT2D eigenvalue weighted by molar-refractivity contribution is 9.10. The number of anilines is 1. The van der Waals surface area contributed by atoms with Gasteiger partial charge in [0.15, 0.2) is 6.61 Å². The lowest BCUT2D eigenvalue weighted by molar-refractivity contribution is -0.113. The van der Waals surface area contributed by atoms with Crippen LogP contribution >= 0.6 is 27.7 Å². The second-order valence-electron chi connectivity index (χ2n) is 7.24. The fourth-order valence-corrected chi connectivity index (χ4v) is 3.87. The molecule has 0 aliphatic heterocycles. The molecule has 1 amide bonds. The highest BCUT2D eigenvalue weighted by Crippen LogP contribution is 2.28. The lowest BCUT2D eigenvalue weighted by Gasteiger charge is -2.13. The van der Waals surface area contributed by atoms with Crippen LogP contribution in [0.15, 0.2) is 50.5 Å². The molecule has 3 rings (SSSR count). The van der Waals surface area contributed by atoms with Crippen LogP contribution in [0.25, 0.3) is 0 Å². The summed E-state index contributed by atoms with van der Waals surface area (Å²) in [4.78, 5) is 12.2. The molecule has 0 atom stereocenters. The normalized spacial score (nSPS) is 11.0. The second kappa shape index (κ2) is 10.1. The van der Waals surface area contributed by atoms with Gasteiger partial charge < -0.3 is 14.5 Å². The van der Waals surface area contributed by atoms with Crippen LogP contribution < -0.4 is 10.1 Å². The largest absolute Gasteiger partial charge is 0.484 e. The summed E-state index contributed by atoms with van der Waals surface area (Å²) >= 11 is 4.61. The minimum atomic E-state index is -0.136. The number of nitrogens with one attached hydrogen (secondary N) is 1. The maximum Gasteiger partial charge on any atom is 0.277 e. The van der Waals surface area contributed by atoms with Crippen LogP contribution in [0, 0.1) is 13.8 Å². The van der Waals surface area contributed by atoms with E-state index in [1.54, 1.807) is 0 Å². The quantitative estimate of drug-likeness (QED) is 0.398. The predicted molar refractivity (Wildman–Crippen MR) is 122 cm³/mol. The van der Waals surface area contributed by atoms with Crippen molar-refractivity contribution in [2.75, 3.05) is 11.1 Å². The van der Waals surface area contributed by atoms with Crippen molar-refractivity contribution in [3.8, 4) is 5.75 Å². The third kappa shape index (κ3) is 6.09. The van der Waals surface area contributed by atoms with Crippen molar-refractivity contribution >= 4 is 39.3 Å². The molecule has 158 valence electrons. The zero-order chi connectivity index (χ0) is 21.7. The number of halogens is 1. The third-order valence-corrected chi connectivity index (χ3v) is 5.69. The predicted octanol–water partition coefficient (Wildman–Crippen LogP) is 5.88. The molecule has 1 aromatic heterocycles. The van der Waals surface area contributed by atoms with Crippen molar-refractivity contribution in [2.45, 2.75) is 45.4 Å². The molecule has 8 heteroatoms. The first-order chi connectivity index (χ1) is 14.3. The summed E-state index contributed by atoms with van der Waals surface area (Å²) in [5.74, 6) is 1.58. The van der Waals surface area contributed by atoms with Crippen LogP contribution in [-0.4, -0.2) is 21.9 Å². The smallest absolute Gasteiger partial charge is 0.277 e. The van der Waals surface area contributed by atoms with Crippen LogP contribution in [0.5, 0.6) is 5.75 Å². The molecule has 6 nitrogen and oxygen atoms in total. The standard InChI is InChI=1S/C22H24BrN3O3S/c1-13(2)17-7-5-14(3)9-19(17)28-11-21-25-26-22(29-21)30-12-20(27)24-18-8-6-16(23)10-15(18)4/h5-10,13H,11-12H2,1-4H3,(H,24,27). The minimum absolute atomic E-state index is 0.136. The van der Waals surface area contributed by atoms with E-state index in [2.05, 4.69) is 57.4 Å². The van der Waals surface area contributed by atoms with Gasteiger partial charge in [0.1, 0.15) is 5.75 Å². The van der Waals surface area contributed by atoms with Crippen molar-refractivity contribution in [1.29, 1.82) is 0 Å². The zero-order valence-corrected chi connectivity index (χ0v) is 19.8. The van der Waals surface area contributed by atoms with Gasteiger partial charge in [-0.1, -0.05) is 53.7 Å². The topological polar surface area (TPSA) is 77.2 Å². The number of hydrogen-bond donors (Lipinski definition) is 1. The number of carbonyl (C=O) groups excluding carboxylic acids is 1. The monoisotopic (exact) mass is 489 g/mol. The summed E-state index contributed by atoms with van der Waals surface area (Å²) in [6.45, 7) is 8.40. The maximum absolute atomic E-state index is 12.2. The summed E-state index contributed by atoms with van der Waals surface area (Å²) in [6, 6.07) is 11.9. The summed E-state index contributed by atoms with van der Waals surface area (Å²) in [5.41, 5.74) is 4.03. The number of aryl methyl sites for hydroxylation is 2. The SMILES string of the molecule is Cc1ccc(C(C)C)c(OCc2nnc(SCC(=O)Nc3ccc(Br)cc3C)o2)c1. The van der Waals surface area contributed by atoms with Gasteiger partial charge in [0.05, 0.1) is 5.75 Å². The second-order valence-corrected chi connectivity index (χ2v) is 9.08. The molecule has 3 aromatic rings. The number of thioether (sulfide) groups is 1. The van der Waals surface area contributed by atoms with Gasteiger partial charge in [-0.15, -0.1) is 10.2 Å². The molecular formula is C22H24BrN3O3S. The Hall–Kier alpha value is -2.32. The number of ether oxygens (including phenoxy) is 1. The first-order valence-electron chi connectivity index (χ1n) is 9.56. The van der Waals surface area contributed by atoms with E-state index in [1.807, 2.05) is 38.1 Å². The van der Waals surface area contributed by atoms with Gasteiger partial charge in [0.2, 0.25) is 5.91 Å². The van der Waals surface area contributed by atoms with E-state index in [9.17, 15) is 4.79 Å². The van der Waals surface area contributed by atoms with Crippen molar-refractivity contribution in [3.05, 3.63) is 63.5 Å². The Morgan fingerprint density at radius 2 is 2.00 bits per heavy atom. The first-order valence-corrected chi connectivity index (χ1v) is 11.3. The fourth-order valence-electron chi connectivity index (χ4n) is 2.82. The summed E-state index contributed by atoms with van der Waals surface area (Å²) in [7, 11) is 0. The van der Waals surface area contributed by atoms with Gasteiger partial charge in [-0.25, -0.2) is 0 Å². The zero-order valence-electron chi connectivity index (χ0n) is 17.4. The van der Waals surface area contributed by atoms with E-state index in [4.69, 9.17) is 9.15 Å². The average molecular weight is 490 g/mol. The molecule has 0 spiro atoms. The summed E-state index contributed by atoms with van der Waals surface area (Å²) in [6.07, 6.45) is 0. The Morgan fingerprint density at radius 1 is 1.20 bits per heavy atom. The van der Waals surface area contributed by atoms with Crippen LogP contribution in [-0.2, 0) is 11.4 Å². The number of aromatic nitrogens is 2. The molecule has 0 bridgehead atoms. The number of nitrogens with zero attached hydrogens (tertiary/aromatic N) is 2. The third-order valence-electron chi connectivity index (χ3n) is 4.38. The first kappa shape index (κ1) is 22.4. The van der Waals surface area contributed by atoms with Gasteiger partial charge in [0.25, 0.3) is 11.1 Å². The van der Waals surface area contributed by atoms with Gasteiger partial charge in [-0.3, -0.25) is 4.79 Å². The molecule has 30 heavy (non-hydrogen) atoms. The van der Waals surface area contributed by atoms with Crippen LogP contribution in [0.3, 0.4) is 0 Å². The highest BCUT2D eigenvalue weighted by atomic mass is 79.9. The highest BCUT2D eigenvalue weighted by Gasteiger charge is 2.13. The van der Waals surface area contributed by atoms with Gasteiger partial charge in [-0.05, 0) is 60.7 Å². The molecule has 0 fully saturated rings. The van der Waals surface area contributed by atoms with E-state index in [0.717, 1.165) is 32.6 Å². The van der Waals surface area contributed by atoms with E-state index in [0.29, 0.717) is 17.0 Å². The minimum Gasteiger partial charge on any atom is -0.484 e. The number of benzene rings is 2. The summed E-state index contributed by atoms with van der Waals surface area (Å²) in [5, 5.41) is 11.2. The van der Waals surface area contributed by atoms with E-state index in [-0.39, 0.29) is 18.3 Å². The van der Waals surface area contributed by atoms with E-state index < -0.39 is 0 Å². The number of carbonyl (C=O) groups is 1. The van der Waals surface area contributed by atoms with E-state index >= 15 is 0 Å². The Balaban J connectivity index is 1.53. The van der Waals surface area contributed by atoms with Crippen molar-refractivity contribution in [3.63, 3.8) is 0 Å². The number of amides is 1. The lowest BCUT2D eigenvalue weighted by Crippen LogP contribution is -2.14. The molecule has 2 aromatic carbocycles. The molecule has 0 saturated carbocycles. The van der Waals surface area contributed by atoms with Gasteiger partial charge >= 0.3 is 0 Å². The van der Waals surface area contributed by atoms with Crippen molar-refractivity contribution in [1.82, 2.24) is 10.2 Å². The maximum atomic E-state index is 12.2. The number of rotatable bonds is 8. The van der Waals surface area contributed by atoms with Crippen LogP contribution in [0.4, 0.5) is 5.69 Å². The molecule has 1 N–H and O–H groups in total. The average Bonchev–Trinajstić information content (AvgIpc) is 3.15. The molecule has 0 aliphatic carbocycles. The van der Waals surface area contributed by atoms with Crippen molar-refractivity contribution in [2.24, 2.45) is 0 Å². The van der Waals surface area contributed by atoms with Gasteiger partial charge in [-0.2, -0.15) is 0 Å².